The smallest absolute Gasteiger partial charge is 0.315 e. The van der Waals surface area contributed by atoms with Crippen LogP contribution in [0.4, 0.5) is 4.79 Å². The summed E-state index contributed by atoms with van der Waals surface area (Å²) < 4.78 is 2.29. The van der Waals surface area contributed by atoms with E-state index in [1.165, 1.54) is 32.1 Å². The van der Waals surface area contributed by atoms with Crippen LogP contribution in [0.2, 0.25) is 0 Å². The summed E-state index contributed by atoms with van der Waals surface area (Å²) in [5, 5.41) is 14.9. The Balaban J connectivity index is 1.37. The standard InChI is InChI=1S/C19H33N5O/c1-14-9-10-16(15(2)13-14)21-19(25)20-11-6-8-18-23-22-17-7-4-3-5-12-24(17)18/h14-16H,3-13H2,1-2H3,(H2,20,21,25)/t14-,15-,16+/m0/s1. The third-order valence-corrected chi connectivity index (χ3v) is 5.80. The number of nitrogens with one attached hydrogen (secondary N) is 2. The minimum atomic E-state index is -0.0218. The van der Waals surface area contributed by atoms with Crippen molar-refractivity contribution >= 4 is 6.03 Å². The molecule has 25 heavy (non-hydrogen) atoms. The lowest BCUT2D eigenvalue weighted by Gasteiger charge is -2.33. The number of amides is 2. The number of aromatic nitrogens is 3. The van der Waals surface area contributed by atoms with Crippen molar-refractivity contribution in [2.75, 3.05) is 6.54 Å². The molecule has 140 valence electrons. The molecular weight excluding hydrogens is 314 g/mol. The van der Waals surface area contributed by atoms with Crippen molar-refractivity contribution in [2.45, 2.75) is 84.2 Å². The monoisotopic (exact) mass is 347 g/mol. The third-order valence-electron chi connectivity index (χ3n) is 5.80. The van der Waals surface area contributed by atoms with Gasteiger partial charge in [-0.25, -0.2) is 4.79 Å². The van der Waals surface area contributed by atoms with Crippen molar-refractivity contribution in [1.29, 1.82) is 0 Å². The Kier molecular flexibility index (Phi) is 6.32. The zero-order chi connectivity index (χ0) is 17.6. The lowest BCUT2D eigenvalue weighted by molar-refractivity contribution is 0.206. The molecule has 3 atom stereocenters. The molecule has 1 aromatic heterocycles. The van der Waals surface area contributed by atoms with E-state index in [-0.39, 0.29) is 6.03 Å². The molecule has 2 N–H and O–H groups in total. The highest BCUT2D eigenvalue weighted by atomic mass is 16.2. The number of carbonyl (C=O) groups is 1. The molecule has 1 aliphatic carbocycles. The summed E-state index contributed by atoms with van der Waals surface area (Å²) in [5.74, 6) is 3.57. The van der Waals surface area contributed by atoms with Crippen molar-refractivity contribution < 1.29 is 4.79 Å². The Morgan fingerprint density at radius 3 is 2.92 bits per heavy atom. The van der Waals surface area contributed by atoms with Gasteiger partial charge in [-0.1, -0.05) is 20.3 Å². The molecular formula is C19H33N5O. The van der Waals surface area contributed by atoms with Crippen LogP contribution in [0.25, 0.3) is 0 Å². The van der Waals surface area contributed by atoms with E-state index in [1.807, 2.05) is 0 Å². The van der Waals surface area contributed by atoms with Crippen LogP contribution in [-0.2, 0) is 19.4 Å². The summed E-state index contributed by atoms with van der Waals surface area (Å²) in [4.78, 5) is 12.1. The van der Waals surface area contributed by atoms with Gasteiger partial charge in [-0.3, -0.25) is 0 Å². The lowest BCUT2D eigenvalue weighted by atomic mass is 9.80. The molecule has 0 bridgehead atoms. The van der Waals surface area contributed by atoms with Crippen molar-refractivity contribution in [3.63, 3.8) is 0 Å². The molecule has 6 nitrogen and oxygen atoms in total. The number of urea groups is 1. The SMILES string of the molecule is C[C@H]1CC[C@@H](NC(=O)NCCCc2nnc3n2CCCCC3)[C@@H](C)C1. The van der Waals surface area contributed by atoms with Gasteiger partial charge in [0.2, 0.25) is 0 Å². The highest BCUT2D eigenvalue weighted by Gasteiger charge is 2.26. The minimum Gasteiger partial charge on any atom is -0.338 e. The number of aryl methyl sites for hydroxylation is 2. The van der Waals surface area contributed by atoms with Crippen molar-refractivity contribution in [1.82, 2.24) is 25.4 Å². The van der Waals surface area contributed by atoms with E-state index in [2.05, 4.69) is 39.2 Å². The minimum absolute atomic E-state index is 0.0218. The Morgan fingerprint density at radius 1 is 1.20 bits per heavy atom. The summed E-state index contributed by atoms with van der Waals surface area (Å²) in [7, 11) is 0. The molecule has 0 aromatic carbocycles. The van der Waals surface area contributed by atoms with Crippen LogP contribution in [0.3, 0.4) is 0 Å². The molecule has 2 amide bonds. The number of nitrogens with zero attached hydrogens (tertiary/aromatic N) is 3. The molecule has 0 unspecified atom stereocenters. The van der Waals surface area contributed by atoms with Gasteiger partial charge in [0.25, 0.3) is 0 Å². The van der Waals surface area contributed by atoms with Crippen LogP contribution in [0.15, 0.2) is 0 Å². The zero-order valence-corrected chi connectivity index (χ0v) is 15.8. The first-order valence-corrected chi connectivity index (χ1v) is 10.1. The van der Waals surface area contributed by atoms with Gasteiger partial charge in [0.05, 0.1) is 0 Å². The fraction of sp³-hybridized carbons (Fsp3) is 0.842. The van der Waals surface area contributed by atoms with Crippen LogP contribution >= 0.6 is 0 Å². The molecule has 2 aliphatic rings. The van der Waals surface area contributed by atoms with Gasteiger partial charge in [-0.15, -0.1) is 10.2 Å². The molecule has 1 aromatic rings. The predicted octanol–water partition coefficient (Wildman–Crippen LogP) is 3.06. The van der Waals surface area contributed by atoms with Gasteiger partial charge >= 0.3 is 6.03 Å². The molecule has 1 fully saturated rings. The van der Waals surface area contributed by atoms with Gasteiger partial charge in [-0.05, 0) is 50.4 Å². The molecule has 3 rings (SSSR count). The Bertz CT molecular complexity index is 570. The van der Waals surface area contributed by atoms with Gasteiger partial charge in [0.1, 0.15) is 11.6 Å². The molecule has 6 heteroatoms. The molecule has 0 saturated heterocycles. The average Bonchev–Trinajstić information content (AvgIpc) is 2.81. The van der Waals surface area contributed by atoms with E-state index in [4.69, 9.17) is 0 Å². The van der Waals surface area contributed by atoms with Gasteiger partial charge in [-0.2, -0.15) is 0 Å². The lowest BCUT2D eigenvalue weighted by Crippen LogP contribution is -2.47. The van der Waals surface area contributed by atoms with Crippen LogP contribution in [-0.4, -0.2) is 33.4 Å². The van der Waals surface area contributed by atoms with Crippen LogP contribution in [0, 0.1) is 11.8 Å². The molecule has 1 aliphatic heterocycles. The highest BCUT2D eigenvalue weighted by Crippen LogP contribution is 2.28. The van der Waals surface area contributed by atoms with Crippen molar-refractivity contribution in [3.8, 4) is 0 Å². The molecule has 1 saturated carbocycles. The Morgan fingerprint density at radius 2 is 2.08 bits per heavy atom. The van der Waals surface area contributed by atoms with E-state index >= 15 is 0 Å². The first-order chi connectivity index (χ1) is 12.1. The zero-order valence-electron chi connectivity index (χ0n) is 15.8. The molecule has 0 radical (unpaired) electrons. The van der Waals surface area contributed by atoms with Gasteiger partial charge < -0.3 is 15.2 Å². The third kappa shape index (κ3) is 4.95. The summed E-state index contributed by atoms with van der Waals surface area (Å²) >= 11 is 0. The number of hydrogen-bond acceptors (Lipinski definition) is 3. The second-order valence-corrected chi connectivity index (χ2v) is 8.00. The first-order valence-electron chi connectivity index (χ1n) is 10.1. The summed E-state index contributed by atoms with van der Waals surface area (Å²) in [5.41, 5.74) is 0. The summed E-state index contributed by atoms with van der Waals surface area (Å²) in [6.45, 7) is 6.28. The Hall–Kier alpha value is -1.59. The van der Waals surface area contributed by atoms with E-state index in [1.54, 1.807) is 0 Å². The summed E-state index contributed by atoms with van der Waals surface area (Å²) in [6, 6.07) is 0.301. The van der Waals surface area contributed by atoms with E-state index in [0.717, 1.165) is 49.8 Å². The van der Waals surface area contributed by atoms with Crippen LogP contribution in [0.5, 0.6) is 0 Å². The fourth-order valence-electron chi connectivity index (χ4n) is 4.28. The predicted molar refractivity (Wildman–Crippen MR) is 98.4 cm³/mol. The van der Waals surface area contributed by atoms with E-state index in [0.29, 0.717) is 18.5 Å². The normalized spacial score (nSPS) is 26.6. The van der Waals surface area contributed by atoms with Gasteiger partial charge in [0, 0.05) is 32.0 Å². The maximum Gasteiger partial charge on any atom is 0.315 e. The summed E-state index contributed by atoms with van der Waals surface area (Å²) in [6.07, 6.45) is 10.1. The van der Waals surface area contributed by atoms with Crippen molar-refractivity contribution in [2.24, 2.45) is 11.8 Å². The second kappa shape index (κ2) is 8.68. The maximum atomic E-state index is 12.1. The number of fused-ring (bicyclic) bond motifs is 1. The topological polar surface area (TPSA) is 71.8 Å². The van der Waals surface area contributed by atoms with E-state index < -0.39 is 0 Å². The van der Waals surface area contributed by atoms with E-state index in [9.17, 15) is 4.79 Å². The average molecular weight is 348 g/mol. The highest BCUT2D eigenvalue weighted by molar-refractivity contribution is 5.74. The van der Waals surface area contributed by atoms with Crippen LogP contribution in [0.1, 0.15) is 70.4 Å². The van der Waals surface area contributed by atoms with Crippen molar-refractivity contribution in [3.05, 3.63) is 11.6 Å². The number of hydrogen-bond donors (Lipinski definition) is 2. The van der Waals surface area contributed by atoms with Gasteiger partial charge in [0.15, 0.2) is 0 Å². The Labute approximate surface area is 151 Å². The quantitative estimate of drug-likeness (QED) is 0.804. The fourth-order valence-corrected chi connectivity index (χ4v) is 4.28. The second-order valence-electron chi connectivity index (χ2n) is 8.00. The van der Waals surface area contributed by atoms with Crippen LogP contribution < -0.4 is 10.6 Å². The number of carbonyl (C=O) groups excluding carboxylic acids is 1. The first kappa shape index (κ1) is 18.2. The largest absolute Gasteiger partial charge is 0.338 e. The molecule has 2 heterocycles. The maximum absolute atomic E-state index is 12.1. The molecule has 0 spiro atoms. The number of rotatable bonds is 5.